The van der Waals surface area contributed by atoms with Crippen LogP contribution in [0.1, 0.15) is 12.8 Å². The molecule has 1 aliphatic heterocycles. The van der Waals surface area contributed by atoms with Crippen LogP contribution >= 0.6 is 0 Å². The number of rotatable bonds is 3. The van der Waals surface area contributed by atoms with Crippen molar-refractivity contribution in [2.75, 3.05) is 29.2 Å². The zero-order valence-electron chi connectivity index (χ0n) is 11.0. The molecular formula is C11H16N6O2S. The Balaban J connectivity index is 1.85. The first-order valence-corrected chi connectivity index (χ1v) is 8.25. The van der Waals surface area contributed by atoms with Gasteiger partial charge in [-0.25, -0.2) is 13.4 Å². The number of sulfone groups is 1. The van der Waals surface area contributed by atoms with Crippen molar-refractivity contribution in [3.63, 3.8) is 0 Å². The Kier molecular flexibility index (Phi) is 3.20. The van der Waals surface area contributed by atoms with Gasteiger partial charge in [0, 0.05) is 13.1 Å². The van der Waals surface area contributed by atoms with Crippen molar-refractivity contribution in [2.24, 2.45) is 0 Å². The van der Waals surface area contributed by atoms with E-state index >= 15 is 0 Å². The second kappa shape index (κ2) is 4.89. The SMILES string of the molecule is CNc1nc(NC2CCS(=O)(=O)CC2)c2[nH]cnc2n1. The first-order chi connectivity index (χ1) is 9.57. The van der Waals surface area contributed by atoms with Gasteiger partial charge in [0.25, 0.3) is 0 Å². The predicted octanol–water partition coefficient (Wildman–Crippen LogP) is 0.384. The van der Waals surface area contributed by atoms with E-state index in [4.69, 9.17) is 0 Å². The van der Waals surface area contributed by atoms with E-state index in [1.807, 2.05) is 0 Å². The molecule has 3 rings (SSSR count). The van der Waals surface area contributed by atoms with Gasteiger partial charge in [-0.1, -0.05) is 0 Å². The third-order valence-corrected chi connectivity index (χ3v) is 5.12. The molecule has 3 N–H and O–H groups in total. The van der Waals surface area contributed by atoms with Gasteiger partial charge >= 0.3 is 0 Å². The summed E-state index contributed by atoms with van der Waals surface area (Å²) in [7, 11) is -1.12. The zero-order valence-corrected chi connectivity index (χ0v) is 11.9. The molecule has 0 radical (unpaired) electrons. The van der Waals surface area contributed by atoms with E-state index in [1.165, 1.54) is 0 Å². The summed E-state index contributed by atoms with van der Waals surface area (Å²) >= 11 is 0. The Morgan fingerprint density at radius 1 is 1.30 bits per heavy atom. The van der Waals surface area contributed by atoms with Crippen molar-refractivity contribution < 1.29 is 8.42 Å². The molecule has 0 atom stereocenters. The van der Waals surface area contributed by atoms with E-state index in [9.17, 15) is 8.42 Å². The Morgan fingerprint density at radius 2 is 2.05 bits per heavy atom. The van der Waals surface area contributed by atoms with Gasteiger partial charge in [-0.3, -0.25) is 0 Å². The molecule has 0 saturated carbocycles. The first kappa shape index (κ1) is 13.1. The Hall–Kier alpha value is -1.90. The van der Waals surface area contributed by atoms with Crippen molar-refractivity contribution in [3.8, 4) is 0 Å². The van der Waals surface area contributed by atoms with E-state index in [-0.39, 0.29) is 17.5 Å². The maximum absolute atomic E-state index is 11.4. The second-order valence-corrected chi connectivity index (χ2v) is 7.12. The highest BCUT2D eigenvalue weighted by molar-refractivity contribution is 7.91. The molecule has 2 aromatic heterocycles. The number of imidazole rings is 1. The van der Waals surface area contributed by atoms with Crippen LogP contribution in [0, 0.1) is 0 Å². The largest absolute Gasteiger partial charge is 0.365 e. The highest BCUT2D eigenvalue weighted by Gasteiger charge is 2.24. The molecule has 0 spiro atoms. The fourth-order valence-electron chi connectivity index (χ4n) is 2.28. The molecule has 108 valence electrons. The van der Waals surface area contributed by atoms with Crippen LogP contribution in [0.5, 0.6) is 0 Å². The van der Waals surface area contributed by atoms with Gasteiger partial charge in [0.15, 0.2) is 11.5 Å². The molecule has 0 amide bonds. The van der Waals surface area contributed by atoms with Gasteiger partial charge in [0.05, 0.1) is 17.8 Å². The summed E-state index contributed by atoms with van der Waals surface area (Å²) in [6.45, 7) is 0. The third kappa shape index (κ3) is 2.53. The van der Waals surface area contributed by atoms with Crippen LogP contribution in [0.2, 0.25) is 0 Å². The fraction of sp³-hybridized carbons (Fsp3) is 0.545. The molecule has 8 nitrogen and oxygen atoms in total. The molecule has 0 bridgehead atoms. The number of fused-ring (bicyclic) bond motifs is 1. The average molecular weight is 296 g/mol. The summed E-state index contributed by atoms with van der Waals surface area (Å²) in [5.74, 6) is 1.58. The molecule has 0 unspecified atom stereocenters. The molecule has 9 heteroatoms. The van der Waals surface area contributed by atoms with Crippen LogP contribution in [-0.2, 0) is 9.84 Å². The summed E-state index contributed by atoms with van der Waals surface area (Å²) in [6.07, 6.45) is 2.75. The standard InChI is InChI=1S/C11H16N6O2S/c1-12-11-16-9-8(13-6-14-9)10(17-11)15-7-2-4-20(18,19)5-3-7/h6-7H,2-5H2,1H3,(H3,12,13,14,15,16,17). The second-order valence-electron chi connectivity index (χ2n) is 4.82. The van der Waals surface area contributed by atoms with Crippen molar-refractivity contribution in [3.05, 3.63) is 6.33 Å². The van der Waals surface area contributed by atoms with Crippen LogP contribution in [0.4, 0.5) is 11.8 Å². The van der Waals surface area contributed by atoms with Gasteiger partial charge in [0.1, 0.15) is 15.4 Å². The van der Waals surface area contributed by atoms with Crippen molar-refractivity contribution in [2.45, 2.75) is 18.9 Å². The van der Waals surface area contributed by atoms with Gasteiger partial charge in [0.2, 0.25) is 5.95 Å². The molecular weight excluding hydrogens is 280 g/mol. The first-order valence-electron chi connectivity index (χ1n) is 6.43. The molecule has 1 aliphatic rings. The molecule has 0 aromatic carbocycles. The van der Waals surface area contributed by atoms with Crippen LogP contribution in [0.3, 0.4) is 0 Å². The van der Waals surface area contributed by atoms with E-state index in [2.05, 4.69) is 30.6 Å². The van der Waals surface area contributed by atoms with E-state index in [0.717, 1.165) is 5.52 Å². The Bertz CT molecular complexity index is 712. The van der Waals surface area contributed by atoms with Gasteiger partial charge in [-0.15, -0.1) is 0 Å². The minimum atomic E-state index is -2.86. The maximum atomic E-state index is 11.4. The summed E-state index contributed by atoms with van der Waals surface area (Å²) < 4.78 is 22.9. The van der Waals surface area contributed by atoms with E-state index < -0.39 is 9.84 Å². The number of hydrogen-bond acceptors (Lipinski definition) is 7. The van der Waals surface area contributed by atoms with Crippen molar-refractivity contribution in [1.29, 1.82) is 0 Å². The maximum Gasteiger partial charge on any atom is 0.226 e. The van der Waals surface area contributed by atoms with Crippen LogP contribution < -0.4 is 10.6 Å². The normalized spacial score (nSPS) is 19.1. The Morgan fingerprint density at radius 3 is 2.75 bits per heavy atom. The number of anilines is 2. The monoisotopic (exact) mass is 296 g/mol. The number of hydrogen-bond donors (Lipinski definition) is 3. The van der Waals surface area contributed by atoms with E-state index in [0.29, 0.717) is 30.3 Å². The lowest BCUT2D eigenvalue weighted by molar-refractivity contribution is 0.559. The molecule has 1 fully saturated rings. The molecule has 1 saturated heterocycles. The third-order valence-electron chi connectivity index (χ3n) is 3.40. The molecule has 20 heavy (non-hydrogen) atoms. The lowest BCUT2D eigenvalue weighted by Crippen LogP contribution is -2.32. The smallest absolute Gasteiger partial charge is 0.226 e. The number of aromatic nitrogens is 4. The van der Waals surface area contributed by atoms with Crippen molar-refractivity contribution in [1.82, 2.24) is 19.9 Å². The summed E-state index contributed by atoms with van der Waals surface area (Å²) in [4.78, 5) is 15.7. The minimum absolute atomic E-state index is 0.102. The molecule has 2 aromatic rings. The van der Waals surface area contributed by atoms with Crippen LogP contribution in [0.25, 0.3) is 11.2 Å². The minimum Gasteiger partial charge on any atom is -0.365 e. The Labute approximate surface area is 116 Å². The summed E-state index contributed by atoms with van der Waals surface area (Å²) in [5, 5.41) is 6.18. The number of nitrogens with zero attached hydrogens (tertiary/aromatic N) is 3. The fourth-order valence-corrected chi connectivity index (χ4v) is 3.77. The summed E-state index contributed by atoms with van der Waals surface area (Å²) in [6, 6.07) is 0.102. The lowest BCUT2D eigenvalue weighted by Gasteiger charge is -2.23. The topological polar surface area (TPSA) is 113 Å². The molecule has 3 heterocycles. The molecule has 0 aliphatic carbocycles. The number of nitrogens with one attached hydrogen (secondary N) is 3. The van der Waals surface area contributed by atoms with Crippen molar-refractivity contribution >= 4 is 32.8 Å². The lowest BCUT2D eigenvalue weighted by atomic mass is 10.1. The number of aromatic amines is 1. The average Bonchev–Trinajstić information content (AvgIpc) is 2.89. The van der Waals surface area contributed by atoms with E-state index in [1.54, 1.807) is 13.4 Å². The highest BCUT2D eigenvalue weighted by atomic mass is 32.2. The highest BCUT2D eigenvalue weighted by Crippen LogP contribution is 2.22. The van der Waals surface area contributed by atoms with Gasteiger partial charge in [-0.2, -0.15) is 9.97 Å². The zero-order chi connectivity index (χ0) is 14.2. The van der Waals surface area contributed by atoms with Crippen LogP contribution in [0.15, 0.2) is 6.33 Å². The van der Waals surface area contributed by atoms with Gasteiger partial charge in [-0.05, 0) is 12.8 Å². The number of H-pyrrole nitrogens is 1. The van der Waals surface area contributed by atoms with Gasteiger partial charge < -0.3 is 15.6 Å². The quantitative estimate of drug-likeness (QED) is 0.750. The predicted molar refractivity (Wildman–Crippen MR) is 76.5 cm³/mol. The van der Waals surface area contributed by atoms with Crippen LogP contribution in [-0.4, -0.2) is 52.9 Å². The summed E-state index contributed by atoms with van der Waals surface area (Å²) in [5.41, 5.74) is 1.31.